The summed E-state index contributed by atoms with van der Waals surface area (Å²) in [6, 6.07) is 2.21. The monoisotopic (exact) mass is 235 g/mol. The molecule has 1 aromatic rings. The van der Waals surface area contributed by atoms with Gasteiger partial charge in [-0.25, -0.2) is 4.39 Å². The third-order valence-electron chi connectivity index (χ3n) is 1.77. The van der Waals surface area contributed by atoms with Gasteiger partial charge in [-0.3, -0.25) is 4.79 Å². The van der Waals surface area contributed by atoms with Crippen LogP contribution in [0.5, 0.6) is 5.75 Å². The third-order valence-corrected chi connectivity index (χ3v) is 1.77. The Kier molecular flexibility index (Phi) is 5.04. The van der Waals surface area contributed by atoms with Crippen LogP contribution in [0.2, 0.25) is 0 Å². The van der Waals surface area contributed by atoms with Crippen molar-refractivity contribution in [3.8, 4) is 5.75 Å². The number of nitrogens with two attached hydrogens (primary N) is 1. The number of benzene rings is 1. The second-order valence-corrected chi connectivity index (χ2v) is 2.71. The summed E-state index contributed by atoms with van der Waals surface area (Å²) in [4.78, 5) is 11.0. The van der Waals surface area contributed by atoms with Crippen molar-refractivity contribution < 1.29 is 19.0 Å². The molecule has 0 saturated carbocycles. The molecular formula is C9H11ClFNO3. The second-order valence-electron chi connectivity index (χ2n) is 2.71. The van der Waals surface area contributed by atoms with E-state index in [0.29, 0.717) is 0 Å². The standard InChI is InChI=1S/C9H10FNO3.ClH/c1-14-9(13)8(11)6-3-2-5(12)4-7(6)10;/h2-4,8,12H,11H2,1H3;1H/t8-;/m0./s1. The van der Waals surface area contributed by atoms with Crippen LogP contribution in [0.3, 0.4) is 0 Å². The molecule has 0 saturated heterocycles. The highest BCUT2D eigenvalue weighted by molar-refractivity contribution is 5.85. The molecule has 0 aromatic heterocycles. The molecule has 0 bridgehead atoms. The molecule has 0 unspecified atom stereocenters. The van der Waals surface area contributed by atoms with Gasteiger partial charge in [-0.05, 0) is 6.07 Å². The van der Waals surface area contributed by atoms with E-state index in [2.05, 4.69) is 4.74 Å². The number of halogens is 2. The summed E-state index contributed by atoms with van der Waals surface area (Å²) >= 11 is 0. The maximum Gasteiger partial charge on any atom is 0.327 e. The summed E-state index contributed by atoms with van der Waals surface area (Å²) < 4.78 is 17.5. The SMILES string of the molecule is COC(=O)[C@@H](N)c1ccc(O)cc1F.Cl. The molecule has 0 aliphatic heterocycles. The van der Waals surface area contributed by atoms with Gasteiger partial charge in [0, 0.05) is 11.6 Å². The van der Waals surface area contributed by atoms with Gasteiger partial charge in [-0.15, -0.1) is 12.4 Å². The van der Waals surface area contributed by atoms with Crippen LogP contribution < -0.4 is 5.73 Å². The fourth-order valence-electron chi connectivity index (χ4n) is 1.02. The van der Waals surface area contributed by atoms with Crippen LogP contribution in [-0.4, -0.2) is 18.2 Å². The lowest BCUT2D eigenvalue weighted by atomic mass is 10.1. The number of rotatable bonds is 2. The minimum Gasteiger partial charge on any atom is -0.508 e. The second kappa shape index (κ2) is 5.53. The van der Waals surface area contributed by atoms with Gasteiger partial charge in [-0.2, -0.15) is 0 Å². The first-order valence-electron chi connectivity index (χ1n) is 3.88. The molecule has 0 aliphatic rings. The predicted octanol–water partition coefficient (Wildman–Crippen LogP) is 1.13. The van der Waals surface area contributed by atoms with E-state index >= 15 is 0 Å². The van der Waals surface area contributed by atoms with Crippen LogP contribution in [0.1, 0.15) is 11.6 Å². The normalized spacial score (nSPS) is 11.4. The number of carbonyl (C=O) groups excluding carboxylic acids is 1. The van der Waals surface area contributed by atoms with E-state index in [0.717, 1.165) is 6.07 Å². The van der Waals surface area contributed by atoms with Crippen molar-refractivity contribution in [2.75, 3.05) is 7.11 Å². The van der Waals surface area contributed by atoms with Crippen LogP contribution in [0.15, 0.2) is 18.2 Å². The van der Waals surface area contributed by atoms with Crippen molar-refractivity contribution in [1.29, 1.82) is 0 Å². The smallest absolute Gasteiger partial charge is 0.327 e. The summed E-state index contributed by atoms with van der Waals surface area (Å²) in [6.07, 6.45) is 0. The van der Waals surface area contributed by atoms with Crippen LogP contribution in [0.4, 0.5) is 4.39 Å². The molecule has 0 spiro atoms. The van der Waals surface area contributed by atoms with E-state index in [1.165, 1.54) is 19.2 Å². The highest BCUT2D eigenvalue weighted by Crippen LogP contribution is 2.20. The quantitative estimate of drug-likeness (QED) is 0.754. The van der Waals surface area contributed by atoms with Gasteiger partial charge in [-0.1, -0.05) is 6.07 Å². The van der Waals surface area contributed by atoms with Crippen molar-refractivity contribution in [1.82, 2.24) is 0 Å². The first kappa shape index (κ1) is 13.7. The minimum atomic E-state index is -1.17. The zero-order valence-corrected chi connectivity index (χ0v) is 8.75. The molecule has 15 heavy (non-hydrogen) atoms. The average molecular weight is 236 g/mol. The highest BCUT2D eigenvalue weighted by atomic mass is 35.5. The number of carbonyl (C=O) groups is 1. The number of phenolic OH excluding ortho intramolecular Hbond substituents is 1. The maximum absolute atomic E-state index is 13.1. The first-order valence-corrected chi connectivity index (χ1v) is 3.88. The molecule has 0 amide bonds. The Morgan fingerprint density at radius 1 is 1.60 bits per heavy atom. The molecule has 0 radical (unpaired) electrons. The topological polar surface area (TPSA) is 72.5 Å². The van der Waals surface area contributed by atoms with E-state index in [-0.39, 0.29) is 23.7 Å². The third kappa shape index (κ3) is 3.07. The molecule has 4 nitrogen and oxygen atoms in total. The van der Waals surface area contributed by atoms with Crippen LogP contribution >= 0.6 is 12.4 Å². The molecule has 84 valence electrons. The van der Waals surface area contributed by atoms with E-state index in [1.807, 2.05) is 0 Å². The van der Waals surface area contributed by atoms with E-state index in [4.69, 9.17) is 10.8 Å². The van der Waals surface area contributed by atoms with Crippen molar-refractivity contribution in [2.45, 2.75) is 6.04 Å². The molecule has 0 heterocycles. The van der Waals surface area contributed by atoms with Gasteiger partial charge in [0.25, 0.3) is 0 Å². The Morgan fingerprint density at radius 3 is 2.67 bits per heavy atom. The van der Waals surface area contributed by atoms with Gasteiger partial charge < -0.3 is 15.6 Å². The Hall–Kier alpha value is -1.33. The number of aromatic hydroxyl groups is 1. The molecule has 6 heteroatoms. The molecule has 0 fully saturated rings. The fraction of sp³-hybridized carbons (Fsp3) is 0.222. The number of esters is 1. The van der Waals surface area contributed by atoms with Gasteiger partial charge in [0.2, 0.25) is 0 Å². The van der Waals surface area contributed by atoms with Gasteiger partial charge in [0.05, 0.1) is 7.11 Å². The van der Waals surface area contributed by atoms with Crippen LogP contribution in [0.25, 0.3) is 0 Å². The molecule has 0 aliphatic carbocycles. The zero-order valence-electron chi connectivity index (χ0n) is 7.94. The summed E-state index contributed by atoms with van der Waals surface area (Å²) in [5, 5.41) is 8.92. The fourth-order valence-corrected chi connectivity index (χ4v) is 1.02. The Labute approximate surface area is 92.3 Å². The molecule has 1 aromatic carbocycles. The van der Waals surface area contributed by atoms with Crippen LogP contribution in [-0.2, 0) is 9.53 Å². The minimum absolute atomic E-state index is 0. The van der Waals surface area contributed by atoms with Crippen molar-refractivity contribution in [3.05, 3.63) is 29.6 Å². The van der Waals surface area contributed by atoms with Gasteiger partial charge >= 0.3 is 5.97 Å². The van der Waals surface area contributed by atoms with Crippen molar-refractivity contribution in [3.63, 3.8) is 0 Å². The maximum atomic E-state index is 13.1. The summed E-state index contributed by atoms with van der Waals surface area (Å²) in [5.41, 5.74) is 5.40. The molecule has 1 rings (SSSR count). The summed E-state index contributed by atoms with van der Waals surface area (Å²) in [7, 11) is 1.17. The largest absolute Gasteiger partial charge is 0.508 e. The number of ether oxygens (including phenoxy) is 1. The Morgan fingerprint density at radius 2 is 2.20 bits per heavy atom. The lowest BCUT2D eigenvalue weighted by Gasteiger charge is -2.10. The number of phenols is 1. The number of methoxy groups -OCH3 is 1. The average Bonchev–Trinajstić information content (AvgIpc) is 2.15. The molecule has 3 N–H and O–H groups in total. The first-order chi connectivity index (χ1) is 6.56. The van der Waals surface area contributed by atoms with E-state index in [1.54, 1.807) is 0 Å². The Bertz CT molecular complexity index is 359. The van der Waals surface area contributed by atoms with E-state index in [9.17, 15) is 9.18 Å². The van der Waals surface area contributed by atoms with Crippen molar-refractivity contribution >= 4 is 18.4 Å². The lowest BCUT2D eigenvalue weighted by molar-refractivity contribution is -0.142. The van der Waals surface area contributed by atoms with Crippen molar-refractivity contribution in [2.24, 2.45) is 5.73 Å². The zero-order chi connectivity index (χ0) is 10.7. The Balaban J connectivity index is 0.00000196. The predicted molar refractivity (Wildman–Crippen MR) is 54.3 cm³/mol. The number of hydrogen-bond donors (Lipinski definition) is 2. The molecule has 1 atom stereocenters. The van der Waals surface area contributed by atoms with Gasteiger partial charge in [0.15, 0.2) is 0 Å². The highest BCUT2D eigenvalue weighted by Gasteiger charge is 2.19. The van der Waals surface area contributed by atoms with E-state index < -0.39 is 17.8 Å². The number of hydrogen-bond acceptors (Lipinski definition) is 4. The molecular weight excluding hydrogens is 225 g/mol. The van der Waals surface area contributed by atoms with Crippen LogP contribution in [0, 0.1) is 5.82 Å². The summed E-state index contributed by atoms with van der Waals surface area (Å²) in [5.74, 6) is -1.68. The summed E-state index contributed by atoms with van der Waals surface area (Å²) in [6.45, 7) is 0. The lowest BCUT2D eigenvalue weighted by Crippen LogP contribution is -2.23. The van der Waals surface area contributed by atoms with Gasteiger partial charge in [0.1, 0.15) is 17.6 Å².